The number of benzene rings is 2. The first-order valence-electron chi connectivity index (χ1n) is 9.36. The number of rotatable bonds is 4. The average molecular weight is 368 g/mol. The van der Waals surface area contributed by atoms with Crippen molar-refractivity contribution in [3.05, 3.63) is 65.7 Å². The van der Waals surface area contributed by atoms with Crippen molar-refractivity contribution in [2.24, 2.45) is 11.8 Å². The summed E-state index contributed by atoms with van der Waals surface area (Å²) >= 11 is 2.00. The fraction of sp³-hybridized carbons (Fsp3) is 0.409. The minimum Gasteiger partial charge on any atom is -0.445 e. The molecule has 1 saturated carbocycles. The number of likely N-dealkylation sites (tertiary alicyclic amines) is 1. The van der Waals surface area contributed by atoms with Gasteiger partial charge in [0.05, 0.1) is 0 Å². The van der Waals surface area contributed by atoms with Crippen LogP contribution in [0.4, 0.5) is 4.79 Å². The molecular formula is C22H25NO2S. The Kier molecular flexibility index (Phi) is 5.21. The Morgan fingerprint density at radius 1 is 1.04 bits per heavy atom. The highest BCUT2D eigenvalue weighted by molar-refractivity contribution is 8.00. The quantitative estimate of drug-likeness (QED) is 0.750. The maximum absolute atomic E-state index is 12.4. The number of carbonyl (C=O) groups excluding carboxylic acids is 1. The van der Waals surface area contributed by atoms with Crippen LogP contribution in [0.5, 0.6) is 0 Å². The van der Waals surface area contributed by atoms with Crippen LogP contribution in [0.1, 0.15) is 24.0 Å². The van der Waals surface area contributed by atoms with Crippen LogP contribution in [-0.2, 0) is 11.3 Å². The number of nitrogens with zero attached hydrogens (tertiary/aromatic N) is 1. The van der Waals surface area contributed by atoms with Gasteiger partial charge in [0, 0.05) is 23.2 Å². The molecule has 0 unspecified atom stereocenters. The van der Waals surface area contributed by atoms with E-state index in [1.54, 1.807) is 0 Å². The molecule has 0 radical (unpaired) electrons. The monoisotopic (exact) mass is 367 g/mol. The van der Waals surface area contributed by atoms with Crippen LogP contribution in [0.15, 0.2) is 59.5 Å². The maximum atomic E-state index is 12.4. The van der Waals surface area contributed by atoms with Crippen LogP contribution in [0.25, 0.3) is 0 Å². The molecule has 1 amide bonds. The highest BCUT2D eigenvalue weighted by Gasteiger charge is 2.43. The fourth-order valence-corrected chi connectivity index (χ4v) is 5.47. The summed E-state index contributed by atoms with van der Waals surface area (Å²) in [5.41, 5.74) is 2.34. The Morgan fingerprint density at radius 3 is 2.35 bits per heavy atom. The van der Waals surface area contributed by atoms with Crippen LogP contribution in [0.3, 0.4) is 0 Å². The number of fused-ring (bicyclic) bond motifs is 1. The number of ether oxygens (including phenoxy) is 1. The van der Waals surface area contributed by atoms with E-state index in [4.69, 9.17) is 4.74 Å². The van der Waals surface area contributed by atoms with Gasteiger partial charge in [-0.05, 0) is 49.3 Å². The van der Waals surface area contributed by atoms with Gasteiger partial charge >= 0.3 is 6.09 Å². The summed E-state index contributed by atoms with van der Waals surface area (Å²) in [6, 6.07) is 18.7. The number of thioether (sulfide) groups is 1. The number of hydrogen-bond donors (Lipinski definition) is 0. The van der Waals surface area contributed by atoms with E-state index in [9.17, 15) is 4.79 Å². The molecule has 0 aromatic heterocycles. The maximum Gasteiger partial charge on any atom is 0.410 e. The SMILES string of the molecule is Cc1ccc(S[C@H]2C[C@@H]3CN(C(=O)OCc4ccccc4)C[C@@H]3C2)cc1. The standard InChI is InChI=1S/C22H25NO2S/c1-16-7-9-20(10-8-16)26-21-11-18-13-23(14-19(18)12-21)22(24)25-15-17-5-3-2-4-6-17/h2-10,18-19,21H,11-15H2,1H3/t18-,19+,21+. The minimum atomic E-state index is -0.161. The van der Waals surface area contributed by atoms with Crippen LogP contribution < -0.4 is 0 Å². The van der Waals surface area contributed by atoms with Crippen molar-refractivity contribution >= 4 is 17.9 Å². The van der Waals surface area contributed by atoms with Gasteiger partial charge < -0.3 is 9.64 Å². The van der Waals surface area contributed by atoms with E-state index in [2.05, 4.69) is 31.2 Å². The molecule has 0 bridgehead atoms. The van der Waals surface area contributed by atoms with Crippen LogP contribution in [-0.4, -0.2) is 29.3 Å². The molecular weight excluding hydrogens is 342 g/mol. The van der Waals surface area contributed by atoms with Gasteiger partial charge in [0.25, 0.3) is 0 Å². The van der Waals surface area contributed by atoms with Crippen LogP contribution in [0.2, 0.25) is 0 Å². The predicted molar refractivity (Wildman–Crippen MR) is 105 cm³/mol. The molecule has 136 valence electrons. The van der Waals surface area contributed by atoms with E-state index in [1.165, 1.54) is 23.3 Å². The molecule has 0 spiro atoms. The molecule has 3 atom stereocenters. The lowest BCUT2D eigenvalue weighted by Crippen LogP contribution is -2.30. The van der Waals surface area contributed by atoms with Crippen molar-refractivity contribution in [2.45, 2.75) is 36.5 Å². The predicted octanol–water partition coefficient (Wildman–Crippen LogP) is 5.13. The van der Waals surface area contributed by atoms with Gasteiger partial charge in [-0.2, -0.15) is 0 Å². The molecule has 4 heteroatoms. The zero-order valence-corrected chi connectivity index (χ0v) is 16.0. The molecule has 2 fully saturated rings. The third kappa shape index (κ3) is 4.07. The second-order valence-electron chi connectivity index (χ2n) is 7.49. The third-order valence-corrected chi connectivity index (χ3v) is 6.76. The molecule has 1 aliphatic heterocycles. The van der Waals surface area contributed by atoms with Crippen molar-refractivity contribution < 1.29 is 9.53 Å². The third-order valence-electron chi connectivity index (χ3n) is 5.49. The van der Waals surface area contributed by atoms with Crippen LogP contribution >= 0.6 is 11.8 Å². The second-order valence-corrected chi connectivity index (χ2v) is 8.86. The Morgan fingerprint density at radius 2 is 1.69 bits per heavy atom. The van der Waals surface area contributed by atoms with E-state index in [0.717, 1.165) is 18.7 Å². The Labute approximate surface area is 159 Å². The summed E-state index contributed by atoms with van der Waals surface area (Å²) in [6.07, 6.45) is 2.24. The average Bonchev–Trinajstić information content (AvgIpc) is 3.21. The number of carbonyl (C=O) groups is 1. The van der Waals surface area contributed by atoms with E-state index in [1.807, 2.05) is 47.0 Å². The topological polar surface area (TPSA) is 29.5 Å². The largest absolute Gasteiger partial charge is 0.445 e. The summed E-state index contributed by atoms with van der Waals surface area (Å²) in [4.78, 5) is 15.6. The summed E-state index contributed by atoms with van der Waals surface area (Å²) < 4.78 is 5.49. The molecule has 1 saturated heterocycles. The van der Waals surface area contributed by atoms with Gasteiger partial charge in [0.2, 0.25) is 0 Å². The van der Waals surface area contributed by atoms with Gasteiger partial charge in [0.15, 0.2) is 0 Å². The summed E-state index contributed by atoms with van der Waals surface area (Å²) in [7, 11) is 0. The lowest BCUT2D eigenvalue weighted by Gasteiger charge is -2.19. The summed E-state index contributed by atoms with van der Waals surface area (Å²) in [5, 5.41) is 0.676. The van der Waals surface area contributed by atoms with Gasteiger partial charge in [-0.15, -0.1) is 11.8 Å². The number of aryl methyl sites for hydroxylation is 1. The van der Waals surface area contributed by atoms with Crippen LogP contribution in [0, 0.1) is 18.8 Å². The Hall–Kier alpha value is -1.94. The van der Waals surface area contributed by atoms with Gasteiger partial charge in [-0.25, -0.2) is 4.79 Å². The Balaban J connectivity index is 1.25. The van der Waals surface area contributed by atoms with E-state index >= 15 is 0 Å². The Bertz CT molecular complexity index is 732. The van der Waals surface area contributed by atoms with E-state index < -0.39 is 0 Å². The zero-order valence-electron chi connectivity index (χ0n) is 15.1. The molecule has 2 aromatic carbocycles. The highest BCUT2D eigenvalue weighted by atomic mass is 32.2. The molecule has 1 heterocycles. The minimum absolute atomic E-state index is 0.161. The van der Waals surface area contributed by atoms with E-state index in [0.29, 0.717) is 23.7 Å². The first-order valence-corrected chi connectivity index (χ1v) is 10.2. The van der Waals surface area contributed by atoms with Gasteiger partial charge in [-0.1, -0.05) is 48.0 Å². The first-order chi connectivity index (χ1) is 12.7. The normalized spacial score (nSPS) is 24.5. The molecule has 2 aromatic rings. The lowest BCUT2D eigenvalue weighted by molar-refractivity contribution is 0.102. The summed E-state index contributed by atoms with van der Waals surface area (Å²) in [5.74, 6) is 1.25. The smallest absolute Gasteiger partial charge is 0.410 e. The zero-order chi connectivity index (χ0) is 17.9. The molecule has 3 nitrogen and oxygen atoms in total. The van der Waals surface area contributed by atoms with Crippen molar-refractivity contribution in [3.63, 3.8) is 0 Å². The molecule has 26 heavy (non-hydrogen) atoms. The number of hydrogen-bond acceptors (Lipinski definition) is 3. The molecule has 1 aliphatic carbocycles. The van der Waals surface area contributed by atoms with Crippen molar-refractivity contribution in [1.29, 1.82) is 0 Å². The molecule has 0 N–H and O–H groups in total. The first kappa shape index (κ1) is 17.5. The van der Waals surface area contributed by atoms with Crippen molar-refractivity contribution in [2.75, 3.05) is 13.1 Å². The molecule has 4 rings (SSSR count). The highest BCUT2D eigenvalue weighted by Crippen LogP contribution is 2.45. The summed E-state index contributed by atoms with van der Waals surface area (Å²) in [6.45, 7) is 4.18. The van der Waals surface area contributed by atoms with Gasteiger partial charge in [-0.3, -0.25) is 0 Å². The second kappa shape index (κ2) is 7.75. The number of amides is 1. The van der Waals surface area contributed by atoms with Crippen molar-refractivity contribution in [1.82, 2.24) is 4.90 Å². The lowest BCUT2D eigenvalue weighted by atomic mass is 10.0. The fourth-order valence-electron chi connectivity index (χ4n) is 4.11. The van der Waals surface area contributed by atoms with Crippen molar-refractivity contribution in [3.8, 4) is 0 Å². The van der Waals surface area contributed by atoms with Gasteiger partial charge in [0.1, 0.15) is 6.61 Å². The molecule has 2 aliphatic rings. The van der Waals surface area contributed by atoms with E-state index in [-0.39, 0.29) is 6.09 Å².